The molecule has 1 aromatic heterocycles. The molecule has 2 aromatic rings. The second-order valence-electron chi connectivity index (χ2n) is 6.58. The third-order valence-corrected chi connectivity index (χ3v) is 4.60. The minimum Gasteiger partial charge on any atom is -0.381 e. The van der Waals surface area contributed by atoms with Crippen LogP contribution in [-0.4, -0.2) is 44.0 Å². The molecule has 1 amide bonds. The maximum Gasteiger partial charge on any atom is 0.227 e. The normalized spacial score (nSPS) is 20.8. The summed E-state index contributed by atoms with van der Waals surface area (Å²) in [5.41, 5.74) is 0.264. The van der Waals surface area contributed by atoms with Gasteiger partial charge in [0.05, 0.1) is 19.2 Å². The van der Waals surface area contributed by atoms with Gasteiger partial charge in [0.1, 0.15) is 11.3 Å². The van der Waals surface area contributed by atoms with E-state index < -0.39 is 5.60 Å². The average molecular weight is 349 g/mol. The molecule has 1 aliphatic heterocycles. The molecular formula is C17H21ClN4O2. The van der Waals surface area contributed by atoms with Crippen LogP contribution in [0, 0.1) is 0 Å². The fourth-order valence-corrected chi connectivity index (χ4v) is 3.10. The monoisotopic (exact) mass is 348 g/mol. The van der Waals surface area contributed by atoms with Gasteiger partial charge in [0.25, 0.3) is 0 Å². The predicted molar refractivity (Wildman–Crippen MR) is 90.7 cm³/mol. The summed E-state index contributed by atoms with van der Waals surface area (Å²) in [6.07, 6.45) is 2.50. The van der Waals surface area contributed by atoms with Crippen molar-refractivity contribution in [3.05, 3.63) is 46.7 Å². The van der Waals surface area contributed by atoms with Gasteiger partial charge in [0.2, 0.25) is 5.91 Å². The highest BCUT2D eigenvalue weighted by atomic mass is 35.5. The zero-order valence-electron chi connectivity index (χ0n) is 13.8. The number of β-amino-alcohol motifs (C(OH)–C–C–N with tert-alkyl or cyclic N) is 1. The lowest BCUT2D eigenvalue weighted by atomic mass is 10.00. The Morgan fingerprint density at radius 3 is 2.92 bits per heavy atom. The van der Waals surface area contributed by atoms with Gasteiger partial charge in [0, 0.05) is 24.0 Å². The number of rotatable bonds is 4. The standard InChI is InChI=1S/C17H21ClN4O2/c1-12(2)22-10-15(19-20-22)17(24)6-7-21(11-17)16(23)9-13-4-3-5-14(18)8-13/h3-5,8,10,12,24H,6-7,9,11H2,1-2H3/t17-/m0/s1. The van der Waals surface area contributed by atoms with Crippen molar-refractivity contribution in [1.82, 2.24) is 19.9 Å². The Hall–Kier alpha value is -1.92. The minimum atomic E-state index is -1.13. The van der Waals surface area contributed by atoms with E-state index >= 15 is 0 Å². The van der Waals surface area contributed by atoms with Crippen LogP contribution in [0.15, 0.2) is 30.5 Å². The molecule has 0 aliphatic carbocycles. The van der Waals surface area contributed by atoms with E-state index in [9.17, 15) is 9.90 Å². The Balaban J connectivity index is 1.68. The van der Waals surface area contributed by atoms with E-state index in [2.05, 4.69) is 10.3 Å². The Labute approximate surface area is 146 Å². The number of hydrogen-bond acceptors (Lipinski definition) is 4. The number of benzene rings is 1. The number of amides is 1. The first-order valence-electron chi connectivity index (χ1n) is 8.04. The van der Waals surface area contributed by atoms with Crippen molar-refractivity contribution in [2.45, 2.75) is 38.3 Å². The van der Waals surface area contributed by atoms with Crippen LogP contribution in [0.25, 0.3) is 0 Å². The summed E-state index contributed by atoms with van der Waals surface area (Å²) < 4.78 is 1.71. The van der Waals surface area contributed by atoms with Gasteiger partial charge < -0.3 is 10.0 Å². The highest BCUT2D eigenvalue weighted by Gasteiger charge is 2.41. The lowest BCUT2D eigenvalue weighted by Gasteiger charge is -2.21. The van der Waals surface area contributed by atoms with E-state index in [4.69, 9.17) is 11.6 Å². The van der Waals surface area contributed by atoms with Crippen molar-refractivity contribution >= 4 is 17.5 Å². The van der Waals surface area contributed by atoms with Gasteiger partial charge in [0.15, 0.2) is 0 Å². The molecule has 7 heteroatoms. The number of carbonyl (C=O) groups is 1. The first-order valence-corrected chi connectivity index (χ1v) is 8.42. The third-order valence-electron chi connectivity index (χ3n) is 4.36. The van der Waals surface area contributed by atoms with Crippen molar-refractivity contribution in [3.8, 4) is 0 Å². The third kappa shape index (κ3) is 3.44. The molecule has 1 atom stereocenters. The van der Waals surface area contributed by atoms with Gasteiger partial charge in [-0.2, -0.15) is 0 Å². The van der Waals surface area contributed by atoms with Crippen LogP contribution in [0.4, 0.5) is 0 Å². The van der Waals surface area contributed by atoms with Gasteiger partial charge >= 0.3 is 0 Å². The summed E-state index contributed by atoms with van der Waals surface area (Å²) in [6, 6.07) is 7.45. The minimum absolute atomic E-state index is 0.0237. The molecule has 0 unspecified atom stereocenters. The fraction of sp³-hybridized carbons (Fsp3) is 0.471. The fourth-order valence-electron chi connectivity index (χ4n) is 2.89. The predicted octanol–water partition coefficient (Wildman–Crippen LogP) is 2.17. The summed E-state index contributed by atoms with van der Waals surface area (Å²) >= 11 is 5.96. The topological polar surface area (TPSA) is 71.2 Å². The van der Waals surface area contributed by atoms with E-state index in [1.807, 2.05) is 26.0 Å². The highest BCUT2D eigenvalue weighted by molar-refractivity contribution is 6.30. The Morgan fingerprint density at radius 1 is 1.46 bits per heavy atom. The van der Waals surface area contributed by atoms with Crippen molar-refractivity contribution in [2.75, 3.05) is 13.1 Å². The largest absolute Gasteiger partial charge is 0.381 e. The second-order valence-corrected chi connectivity index (χ2v) is 7.02. The molecule has 1 aliphatic rings. The van der Waals surface area contributed by atoms with Crippen LogP contribution >= 0.6 is 11.6 Å². The first kappa shape index (κ1) is 16.9. The Morgan fingerprint density at radius 2 is 2.25 bits per heavy atom. The molecule has 24 heavy (non-hydrogen) atoms. The molecule has 0 saturated carbocycles. The molecule has 0 bridgehead atoms. The summed E-state index contributed by atoms with van der Waals surface area (Å²) in [5, 5.41) is 19.6. The molecule has 0 radical (unpaired) electrons. The van der Waals surface area contributed by atoms with Crippen LogP contribution in [0.2, 0.25) is 5.02 Å². The number of carbonyl (C=O) groups excluding carboxylic acids is 1. The highest BCUT2D eigenvalue weighted by Crippen LogP contribution is 2.31. The van der Waals surface area contributed by atoms with E-state index in [0.717, 1.165) is 5.56 Å². The second kappa shape index (κ2) is 6.53. The number of aromatic nitrogens is 3. The quantitative estimate of drug-likeness (QED) is 0.919. The summed E-state index contributed by atoms with van der Waals surface area (Å²) in [6.45, 7) is 4.74. The number of nitrogens with zero attached hydrogens (tertiary/aromatic N) is 4. The molecule has 2 heterocycles. The molecule has 1 N–H and O–H groups in total. The van der Waals surface area contributed by atoms with Gasteiger partial charge in [-0.25, -0.2) is 4.68 Å². The van der Waals surface area contributed by atoms with Crippen LogP contribution in [0.3, 0.4) is 0 Å². The van der Waals surface area contributed by atoms with Crippen molar-refractivity contribution in [3.63, 3.8) is 0 Å². The maximum atomic E-state index is 12.5. The number of hydrogen-bond donors (Lipinski definition) is 1. The van der Waals surface area contributed by atoms with E-state index in [0.29, 0.717) is 23.7 Å². The SMILES string of the molecule is CC(C)n1cc([C@]2(O)CCN(C(=O)Cc3cccc(Cl)c3)C2)nn1. The zero-order valence-corrected chi connectivity index (χ0v) is 14.6. The van der Waals surface area contributed by atoms with Crippen molar-refractivity contribution < 1.29 is 9.90 Å². The zero-order chi connectivity index (χ0) is 17.3. The molecular weight excluding hydrogens is 328 g/mol. The molecule has 1 fully saturated rings. The lowest BCUT2D eigenvalue weighted by molar-refractivity contribution is -0.130. The van der Waals surface area contributed by atoms with Gasteiger partial charge in [-0.3, -0.25) is 4.79 Å². The molecule has 3 rings (SSSR count). The smallest absolute Gasteiger partial charge is 0.227 e. The summed E-state index contributed by atoms with van der Waals surface area (Å²) in [4.78, 5) is 14.2. The van der Waals surface area contributed by atoms with Crippen LogP contribution < -0.4 is 0 Å². The Bertz CT molecular complexity index is 746. The molecule has 128 valence electrons. The number of likely N-dealkylation sites (tertiary alicyclic amines) is 1. The Kier molecular flexibility index (Phi) is 4.60. The van der Waals surface area contributed by atoms with Crippen LogP contribution in [0.5, 0.6) is 0 Å². The molecule has 6 nitrogen and oxygen atoms in total. The van der Waals surface area contributed by atoms with Crippen LogP contribution in [0.1, 0.15) is 37.6 Å². The summed E-state index contributed by atoms with van der Waals surface area (Å²) in [7, 11) is 0. The number of halogens is 1. The van der Waals surface area contributed by atoms with E-state index in [1.54, 1.807) is 27.9 Å². The molecule has 1 saturated heterocycles. The molecule has 1 aromatic carbocycles. The first-order chi connectivity index (χ1) is 11.4. The maximum absolute atomic E-state index is 12.5. The number of aliphatic hydroxyl groups is 1. The van der Waals surface area contributed by atoms with Gasteiger partial charge in [-0.15, -0.1) is 5.10 Å². The average Bonchev–Trinajstić information content (AvgIpc) is 3.15. The van der Waals surface area contributed by atoms with E-state index in [-0.39, 0.29) is 24.9 Å². The van der Waals surface area contributed by atoms with Gasteiger partial charge in [-0.1, -0.05) is 28.9 Å². The van der Waals surface area contributed by atoms with E-state index in [1.165, 1.54) is 0 Å². The van der Waals surface area contributed by atoms with Gasteiger partial charge in [-0.05, 0) is 31.5 Å². The lowest BCUT2D eigenvalue weighted by Crippen LogP contribution is -2.35. The van der Waals surface area contributed by atoms with Crippen LogP contribution in [-0.2, 0) is 16.8 Å². The van der Waals surface area contributed by atoms with Crippen molar-refractivity contribution in [1.29, 1.82) is 0 Å². The summed E-state index contributed by atoms with van der Waals surface area (Å²) in [5.74, 6) is -0.0237. The molecule has 0 spiro atoms. The van der Waals surface area contributed by atoms with Crippen molar-refractivity contribution in [2.24, 2.45) is 0 Å².